The van der Waals surface area contributed by atoms with E-state index < -0.39 is 0 Å². The van der Waals surface area contributed by atoms with Gasteiger partial charge in [-0.2, -0.15) is 0 Å². The number of carbonyl (C=O) groups is 2. The van der Waals surface area contributed by atoms with Gasteiger partial charge in [0.15, 0.2) is 0 Å². The van der Waals surface area contributed by atoms with Crippen LogP contribution >= 0.6 is 0 Å². The number of nitrogens with one attached hydrogen (secondary N) is 2. The highest BCUT2D eigenvalue weighted by atomic mass is 16.2. The van der Waals surface area contributed by atoms with E-state index in [0.717, 1.165) is 12.8 Å². The van der Waals surface area contributed by atoms with Crippen LogP contribution in [-0.2, 0) is 9.59 Å². The van der Waals surface area contributed by atoms with E-state index in [2.05, 4.69) is 10.6 Å². The summed E-state index contributed by atoms with van der Waals surface area (Å²) in [7, 11) is 0. The van der Waals surface area contributed by atoms with Crippen LogP contribution in [0.4, 0.5) is 0 Å². The Balaban J connectivity index is 2.15. The highest BCUT2D eigenvalue weighted by Gasteiger charge is 2.23. The molecule has 5 heteroatoms. The molecule has 0 bridgehead atoms. The van der Waals surface area contributed by atoms with Crippen molar-refractivity contribution < 1.29 is 9.59 Å². The highest BCUT2D eigenvalue weighted by molar-refractivity contribution is 5.79. The summed E-state index contributed by atoms with van der Waals surface area (Å²) in [6.45, 7) is 2.91. The average molecular weight is 255 g/mol. The first kappa shape index (κ1) is 15.0. The van der Waals surface area contributed by atoms with Crippen molar-refractivity contribution >= 4 is 11.8 Å². The van der Waals surface area contributed by atoms with Crippen molar-refractivity contribution in [2.24, 2.45) is 11.7 Å². The maximum absolute atomic E-state index is 11.7. The maximum Gasteiger partial charge on any atom is 0.221 e. The third-order valence-corrected chi connectivity index (χ3v) is 3.46. The molecule has 0 heterocycles. The summed E-state index contributed by atoms with van der Waals surface area (Å²) < 4.78 is 0. The van der Waals surface area contributed by atoms with Crippen molar-refractivity contribution in [3.8, 4) is 0 Å². The number of nitrogens with two attached hydrogens (primary N) is 1. The van der Waals surface area contributed by atoms with Gasteiger partial charge in [-0.15, -0.1) is 0 Å². The van der Waals surface area contributed by atoms with E-state index in [4.69, 9.17) is 5.73 Å². The van der Waals surface area contributed by atoms with Gasteiger partial charge in [0.05, 0.1) is 0 Å². The predicted molar refractivity (Wildman–Crippen MR) is 70.9 cm³/mol. The molecule has 1 aliphatic rings. The Morgan fingerprint density at radius 2 is 1.89 bits per heavy atom. The molecule has 0 aliphatic heterocycles. The summed E-state index contributed by atoms with van der Waals surface area (Å²) in [5.41, 5.74) is 6.00. The predicted octanol–water partition coefficient (Wildman–Crippen LogP) is 0.536. The van der Waals surface area contributed by atoms with Gasteiger partial charge in [0.1, 0.15) is 0 Å². The topological polar surface area (TPSA) is 84.2 Å². The van der Waals surface area contributed by atoms with E-state index in [1.807, 2.05) is 6.92 Å². The van der Waals surface area contributed by atoms with Gasteiger partial charge in [-0.05, 0) is 25.7 Å². The van der Waals surface area contributed by atoms with E-state index in [-0.39, 0.29) is 17.9 Å². The van der Waals surface area contributed by atoms with E-state index in [0.29, 0.717) is 31.8 Å². The Morgan fingerprint density at radius 1 is 1.17 bits per heavy atom. The minimum atomic E-state index is -0.0211. The molecule has 2 unspecified atom stereocenters. The molecule has 4 N–H and O–H groups in total. The molecule has 0 saturated heterocycles. The van der Waals surface area contributed by atoms with Crippen LogP contribution < -0.4 is 16.4 Å². The summed E-state index contributed by atoms with van der Waals surface area (Å²) in [6, 6.07) is 0.160. The van der Waals surface area contributed by atoms with Gasteiger partial charge in [0.25, 0.3) is 0 Å². The standard InChI is InChI=1S/C13H25N3O2/c1-2-15-12(17)7-8-16-13(18)9-10-5-3-4-6-11(10)14/h10-11H,2-9,14H2,1H3,(H,15,17)(H,16,18). The molecule has 1 rings (SSSR count). The van der Waals surface area contributed by atoms with E-state index in [1.165, 1.54) is 12.8 Å². The van der Waals surface area contributed by atoms with Crippen LogP contribution in [0.2, 0.25) is 0 Å². The molecule has 0 radical (unpaired) electrons. The SMILES string of the molecule is CCNC(=O)CCNC(=O)CC1CCCCC1N. The summed E-state index contributed by atoms with van der Waals surface area (Å²) >= 11 is 0. The van der Waals surface area contributed by atoms with Gasteiger partial charge >= 0.3 is 0 Å². The number of hydrogen-bond acceptors (Lipinski definition) is 3. The van der Waals surface area contributed by atoms with Crippen molar-refractivity contribution in [2.45, 2.75) is 51.5 Å². The molecule has 2 amide bonds. The fourth-order valence-corrected chi connectivity index (χ4v) is 2.40. The molecular formula is C13H25N3O2. The lowest BCUT2D eigenvalue weighted by atomic mass is 9.83. The quantitative estimate of drug-likeness (QED) is 0.647. The van der Waals surface area contributed by atoms with Crippen LogP contribution in [0.3, 0.4) is 0 Å². The number of carbonyl (C=O) groups excluding carboxylic acids is 2. The van der Waals surface area contributed by atoms with Crippen LogP contribution in [0.25, 0.3) is 0 Å². The molecule has 0 aromatic carbocycles. The zero-order chi connectivity index (χ0) is 13.4. The minimum absolute atomic E-state index is 0.0154. The summed E-state index contributed by atoms with van der Waals surface area (Å²) in [5, 5.41) is 5.48. The molecule has 1 aliphatic carbocycles. The first-order valence-electron chi connectivity index (χ1n) is 6.92. The van der Waals surface area contributed by atoms with Gasteiger partial charge in [-0.25, -0.2) is 0 Å². The lowest BCUT2D eigenvalue weighted by Crippen LogP contribution is -2.38. The first-order valence-corrected chi connectivity index (χ1v) is 6.92. The van der Waals surface area contributed by atoms with E-state index in [9.17, 15) is 9.59 Å². The lowest BCUT2D eigenvalue weighted by Gasteiger charge is -2.27. The van der Waals surface area contributed by atoms with Gasteiger partial charge in [-0.3, -0.25) is 9.59 Å². The summed E-state index contributed by atoms with van der Waals surface area (Å²) in [4.78, 5) is 22.9. The van der Waals surface area contributed by atoms with Gasteiger partial charge < -0.3 is 16.4 Å². The van der Waals surface area contributed by atoms with Crippen molar-refractivity contribution in [1.82, 2.24) is 10.6 Å². The Kier molecular flexibility index (Phi) is 6.72. The second-order valence-electron chi connectivity index (χ2n) is 4.97. The number of hydrogen-bond donors (Lipinski definition) is 3. The fraction of sp³-hybridized carbons (Fsp3) is 0.846. The Bertz CT molecular complexity index is 281. The van der Waals surface area contributed by atoms with Gasteiger partial charge in [-0.1, -0.05) is 12.8 Å². The van der Waals surface area contributed by atoms with Crippen LogP contribution in [0.15, 0.2) is 0 Å². The second-order valence-corrected chi connectivity index (χ2v) is 4.97. The largest absolute Gasteiger partial charge is 0.356 e. The fourth-order valence-electron chi connectivity index (χ4n) is 2.40. The van der Waals surface area contributed by atoms with E-state index >= 15 is 0 Å². The smallest absolute Gasteiger partial charge is 0.221 e. The van der Waals surface area contributed by atoms with Crippen molar-refractivity contribution in [3.63, 3.8) is 0 Å². The average Bonchev–Trinajstić information content (AvgIpc) is 2.32. The van der Waals surface area contributed by atoms with Crippen LogP contribution in [0, 0.1) is 5.92 Å². The minimum Gasteiger partial charge on any atom is -0.356 e. The Morgan fingerprint density at radius 3 is 2.56 bits per heavy atom. The maximum atomic E-state index is 11.7. The molecule has 18 heavy (non-hydrogen) atoms. The zero-order valence-corrected chi connectivity index (χ0v) is 11.2. The second kappa shape index (κ2) is 8.08. The molecule has 2 atom stereocenters. The third kappa shape index (κ3) is 5.49. The molecule has 0 spiro atoms. The van der Waals surface area contributed by atoms with Crippen LogP contribution in [0.5, 0.6) is 0 Å². The zero-order valence-electron chi connectivity index (χ0n) is 11.2. The first-order chi connectivity index (χ1) is 8.63. The summed E-state index contributed by atoms with van der Waals surface area (Å²) in [6.07, 6.45) is 5.26. The van der Waals surface area contributed by atoms with Gasteiger partial charge in [0, 0.05) is 32.0 Å². The Labute approximate surface area is 109 Å². The van der Waals surface area contributed by atoms with Crippen molar-refractivity contribution in [2.75, 3.05) is 13.1 Å². The molecule has 104 valence electrons. The van der Waals surface area contributed by atoms with Gasteiger partial charge in [0.2, 0.25) is 11.8 Å². The van der Waals surface area contributed by atoms with Crippen molar-refractivity contribution in [1.29, 1.82) is 0 Å². The number of amides is 2. The lowest BCUT2D eigenvalue weighted by molar-refractivity contribution is -0.123. The normalized spacial score (nSPS) is 23.4. The molecule has 0 aromatic rings. The van der Waals surface area contributed by atoms with E-state index in [1.54, 1.807) is 0 Å². The molecule has 5 nitrogen and oxygen atoms in total. The monoisotopic (exact) mass is 255 g/mol. The summed E-state index contributed by atoms with van der Waals surface area (Å²) in [5.74, 6) is 0.303. The molecule has 1 saturated carbocycles. The highest BCUT2D eigenvalue weighted by Crippen LogP contribution is 2.25. The molecular weight excluding hydrogens is 230 g/mol. The van der Waals surface area contributed by atoms with Crippen LogP contribution in [0.1, 0.15) is 45.4 Å². The molecule has 0 aromatic heterocycles. The van der Waals surface area contributed by atoms with Crippen LogP contribution in [-0.4, -0.2) is 30.9 Å². The van der Waals surface area contributed by atoms with Crippen molar-refractivity contribution in [3.05, 3.63) is 0 Å². The number of rotatable bonds is 6. The third-order valence-electron chi connectivity index (χ3n) is 3.46. The Hall–Kier alpha value is -1.10. The molecule has 1 fully saturated rings.